The summed E-state index contributed by atoms with van der Waals surface area (Å²) in [6.07, 6.45) is 0. The Morgan fingerprint density at radius 2 is 2.05 bits per heavy atom. The third kappa shape index (κ3) is 3.80. The van der Waals surface area contributed by atoms with Crippen molar-refractivity contribution in [2.45, 2.75) is 38.5 Å². The van der Waals surface area contributed by atoms with Gasteiger partial charge in [-0.05, 0) is 19.0 Å². The van der Waals surface area contributed by atoms with E-state index in [-0.39, 0.29) is 17.6 Å². The van der Waals surface area contributed by atoms with Crippen molar-refractivity contribution in [2.24, 2.45) is 0 Å². The first-order valence-corrected chi connectivity index (χ1v) is 11.0. The summed E-state index contributed by atoms with van der Waals surface area (Å²) in [6, 6.07) is 6.48. The molecule has 0 aromatic heterocycles. The summed E-state index contributed by atoms with van der Waals surface area (Å²) in [7, 11) is -1.13. The second-order valence-electron chi connectivity index (χ2n) is 6.75. The summed E-state index contributed by atoms with van der Waals surface area (Å²) in [6.45, 7) is 9.43. The minimum Gasteiger partial charge on any atom is -0.381 e. The van der Waals surface area contributed by atoms with Crippen LogP contribution in [0.2, 0.25) is 25.7 Å². The number of amides is 1. The topological polar surface area (TPSA) is 55.4 Å². The van der Waals surface area contributed by atoms with E-state index in [4.69, 9.17) is 4.74 Å². The quantitative estimate of drug-likeness (QED) is 0.498. The predicted molar refractivity (Wildman–Crippen MR) is 86.8 cm³/mol. The number of carbonyl (C=O) groups excluding carboxylic acids is 2. The van der Waals surface area contributed by atoms with E-state index in [1.54, 1.807) is 12.1 Å². The Morgan fingerprint density at radius 1 is 1.33 bits per heavy atom. The maximum atomic E-state index is 12.1. The summed E-state index contributed by atoms with van der Waals surface area (Å²) < 4.78 is 5.72. The summed E-state index contributed by atoms with van der Waals surface area (Å²) in [5.74, 6) is -0.469. The minimum atomic E-state index is -1.13. The third-order valence-corrected chi connectivity index (χ3v) is 5.39. The number of ether oxygens (including phenoxy) is 1. The van der Waals surface area contributed by atoms with E-state index in [1.807, 2.05) is 6.07 Å². The summed E-state index contributed by atoms with van der Waals surface area (Å²) >= 11 is 0. The van der Waals surface area contributed by atoms with Crippen LogP contribution in [0.1, 0.15) is 28.8 Å². The van der Waals surface area contributed by atoms with Crippen LogP contribution in [0.5, 0.6) is 0 Å². The van der Waals surface area contributed by atoms with Crippen molar-refractivity contribution >= 4 is 25.5 Å². The number of fused-ring (bicyclic) bond motifs is 1. The minimum absolute atomic E-state index is 0.0181. The van der Waals surface area contributed by atoms with Gasteiger partial charge < -0.3 is 10.1 Å². The predicted octanol–water partition coefficient (Wildman–Crippen LogP) is 3.28. The fourth-order valence-corrected chi connectivity index (χ4v) is 3.20. The Bertz CT molecular complexity index is 563. The molecule has 1 amide bonds. The number of Topliss-reactive ketones (excluding diaryl/α,β-unsaturated/α-hetero) is 1. The molecule has 4 nitrogen and oxygen atoms in total. The van der Waals surface area contributed by atoms with Crippen LogP contribution in [0, 0.1) is 0 Å². The van der Waals surface area contributed by atoms with Crippen molar-refractivity contribution in [3.05, 3.63) is 29.3 Å². The lowest BCUT2D eigenvalue weighted by atomic mass is 9.94. The number of carbonyl (C=O) groups is 2. The van der Waals surface area contributed by atoms with Gasteiger partial charge in [-0.3, -0.25) is 9.59 Å². The zero-order valence-electron chi connectivity index (χ0n) is 13.2. The summed E-state index contributed by atoms with van der Waals surface area (Å²) in [4.78, 5) is 23.8. The molecule has 1 atom stereocenters. The number of nitrogens with one attached hydrogen (secondary N) is 1. The molecule has 1 N–H and O–H groups in total. The van der Waals surface area contributed by atoms with Gasteiger partial charge in [-0.25, -0.2) is 0 Å². The van der Waals surface area contributed by atoms with E-state index in [0.717, 1.165) is 17.3 Å². The molecule has 1 unspecified atom stereocenters. The number of rotatable bonds is 6. The molecule has 1 aromatic rings. The van der Waals surface area contributed by atoms with Gasteiger partial charge in [-0.15, -0.1) is 0 Å². The van der Waals surface area contributed by atoms with Gasteiger partial charge in [0.2, 0.25) is 5.91 Å². The second-order valence-corrected chi connectivity index (χ2v) is 12.4. The molecule has 0 fully saturated rings. The average Bonchev–Trinajstić information content (AvgIpc) is 2.69. The molecule has 2 rings (SSSR count). The molecule has 0 aliphatic carbocycles. The first kappa shape index (κ1) is 15.9. The van der Waals surface area contributed by atoms with Crippen molar-refractivity contribution in [1.82, 2.24) is 0 Å². The molecule has 1 aromatic carbocycles. The maximum absolute atomic E-state index is 12.1. The fraction of sp³-hybridized carbons (Fsp3) is 0.500. The molecule has 0 radical (unpaired) electrons. The lowest BCUT2D eigenvalue weighted by Gasteiger charge is -2.17. The smallest absolute Gasteiger partial charge is 0.234 e. The van der Waals surface area contributed by atoms with E-state index in [2.05, 4.69) is 25.0 Å². The Kier molecular flexibility index (Phi) is 4.63. The number of hydrogen-bond donors (Lipinski definition) is 1. The van der Waals surface area contributed by atoms with E-state index in [0.29, 0.717) is 18.8 Å². The van der Waals surface area contributed by atoms with Gasteiger partial charge in [0.15, 0.2) is 5.78 Å². The number of anilines is 1. The number of benzene rings is 1. The standard InChI is InChI=1S/C16H23NO3Si/c1-11(18)12-6-5-7-14-15(12)13(16(19)17-14)10-20-8-9-21(2,3)4/h5-7,13H,8-10H2,1-4H3,(H,17,19). The van der Waals surface area contributed by atoms with E-state index in [9.17, 15) is 9.59 Å². The highest BCUT2D eigenvalue weighted by Crippen LogP contribution is 2.35. The molecule has 114 valence electrons. The van der Waals surface area contributed by atoms with Gasteiger partial charge in [0, 0.05) is 31.5 Å². The van der Waals surface area contributed by atoms with E-state index < -0.39 is 8.07 Å². The van der Waals surface area contributed by atoms with Gasteiger partial charge in [0.25, 0.3) is 0 Å². The van der Waals surface area contributed by atoms with Crippen molar-refractivity contribution in [2.75, 3.05) is 18.5 Å². The van der Waals surface area contributed by atoms with Crippen molar-refractivity contribution < 1.29 is 14.3 Å². The van der Waals surface area contributed by atoms with Crippen LogP contribution in [-0.2, 0) is 9.53 Å². The lowest BCUT2D eigenvalue weighted by Crippen LogP contribution is -2.24. The van der Waals surface area contributed by atoms with E-state index >= 15 is 0 Å². The van der Waals surface area contributed by atoms with Gasteiger partial charge in [-0.2, -0.15) is 0 Å². The highest BCUT2D eigenvalue weighted by molar-refractivity contribution is 6.76. The first-order valence-electron chi connectivity index (χ1n) is 7.32. The number of hydrogen-bond acceptors (Lipinski definition) is 3. The molecular formula is C16H23NO3Si. The fourth-order valence-electron chi connectivity index (χ4n) is 2.45. The van der Waals surface area contributed by atoms with Crippen LogP contribution < -0.4 is 5.32 Å². The summed E-state index contributed by atoms with van der Waals surface area (Å²) in [5.41, 5.74) is 2.15. The SMILES string of the molecule is CC(=O)c1cccc2c1C(COCC[Si](C)(C)C)C(=O)N2. The summed E-state index contributed by atoms with van der Waals surface area (Å²) in [5, 5.41) is 2.84. The van der Waals surface area contributed by atoms with Crippen molar-refractivity contribution in [1.29, 1.82) is 0 Å². The van der Waals surface area contributed by atoms with Gasteiger partial charge in [0.1, 0.15) is 0 Å². The van der Waals surface area contributed by atoms with Crippen LogP contribution in [0.25, 0.3) is 0 Å². The molecule has 0 saturated carbocycles. The molecular weight excluding hydrogens is 282 g/mol. The first-order chi connectivity index (χ1) is 9.79. The molecule has 0 bridgehead atoms. The lowest BCUT2D eigenvalue weighted by molar-refractivity contribution is -0.118. The monoisotopic (exact) mass is 305 g/mol. The molecule has 1 aliphatic heterocycles. The Morgan fingerprint density at radius 3 is 2.67 bits per heavy atom. The number of ketones is 1. The molecule has 1 heterocycles. The zero-order chi connectivity index (χ0) is 15.6. The largest absolute Gasteiger partial charge is 0.381 e. The highest BCUT2D eigenvalue weighted by Gasteiger charge is 2.33. The molecule has 1 aliphatic rings. The van der Waals surface area contributed by atoms with E-state index in [1.165, 1.54) is 6.92 Å². The van der Waals surface area contributed by atoms with Crippen LogP contribution in [0.4, 0.5) is 5.69 Å². The van der Waals surface area contributed by atoms with Gasteiger partial charge >= 0.3 is 0 Å². The average molecular weight is 305 g/mol. The van der Waals surface area contributed by atoms with Gasteiger partial charge in [-0.1, -0.05) is 31.8 Å². The molecule has 0 saturated heterocycles. The van der Waals surface area contributed by atoms with Crippen molar-refractivity contribution in [3.63, 3.8) is 0 Å². The Hall–Kier alpha value is -1.46. The van der Waals surface area contributed by atoms with Crippen LogP contribution in [-0.4, -0.2) is 33.0 Å². The van der Waals surface area contributed by atoms with Gasteiger partial charge in [0.05, 0.1) is 12.5 Å². The normalized spacial score (nSPS) is 17.5. The second kappa shape index (κ2) is 6.11. The van der Waals surface area contributed by atoms with Crippen LogP contribution in [0.3, 0.4) is 0 Å². The zero-order valence-corrected chi connectivity index (χ0v) is 14.2. The Balaban J connectivity index is 2.09. The van der Waals surface area contributed by atoms with Crippen LogP contribution >= 0.6 is 0 Å². The van der Waals surface area contributed by atoms with Crippen LogP contribution in [0.15, 0.2) is 18.2 Å². The Labute approximate surface area is 126 Å². The third-order valence-electron chi connectivity index (χ3n) is 3.69. The maximum Gasteiger partial charge on any atom is 0.234 e. The molecule has 5 heteroatoms. The molecule has 21 heavy (non-hydrogen) atoms. The van der Waals surface area contributed by atoms with Crippen molar-refractivity contribution in [3.8, 4) is 0 Å². The molecule has 0 spiro atoms. The highest BCUT2D eigenvalue weighted by atomic mass is 28.3.